The van der Waals surface area contributed by atoms with E-state index in [4.69, 9.17) is 4.74 Å². The first-order chi connectivity index (χ1) is 12.6. The van der Waals surface area contributed by atoms with Gasteiger partial charge in [-0.2, -0.15) is 0 Å². The van der Waals surface area contributed by atoms with Crippen molar-refractivity contribution < 1.29 is 14.3 Å². The fourth-order valence-corrected chi connectivity index (χ4v) is 4.04. The maximum atomic E-state index is 13.0. The molecule has 0 bridgehead atoms. The van der Waals surface area contributed by atoms with Gasteiger partial charge in [0.2, 0.25) is 5.91 Å². The van der Waals surface area contributed by atoms with Crippen molar-refractivity contribution in [2.75, 3.05) is 31.6 Å². The van der Waals surface area contributed by atoms with Gasteiger partial charge in [0.1, 0.15) is 5.75 Å². The lowest BCUT2D eigenvalue weighted by Crippen LogP contribution is -2.52. The summed E-state index contributed by atoms with van der Waals surface area (Å²) < 4.78 is 5.82. The number of likely N-dealkylation sites (N-methyl/N-ethyl adjacent to an activating group) is 2. The van der Waals surface area contributed by atoms with Gasteiger partial charge in [-0.1, -0.05) is 31.4 Å². The number of nitrogens with zero attached hydrogens (tertiary/aromatic N) is 2. The molecule has 2 aliphatic rings. The molecule has 1 N–H and O–H groups in total. The maximum Gasteiger partial charge on any atom is 0.262 e. The molecule has 142 valence electrons. The summed E-state index contributed by atoms with van der Waals surface area (Å²) in [5, 5.41) is 2.64. The Labute approximate surface area is 155 Å². The maximum absolute atomic E-state index is 13.0. The zero-order valence-corrected chi connectivity index (χ0v) is 15.7. The van der Waals surface area contributed by atoms with Crippen molar-refractivity contribution >= 4 is 17.5 Å². The Morgan fingerprint density at radius 2 is 1.96 bits per heavy atom. The van der Waals surface area contributed by atoms with Gasteiger partial charge in [-0.05, 0) is 31.9 Å². The third-order valence-corrected chi connectivity index (χ3v) is 5.40. The molecule has 1 saturated carbocycles. The van der Waals surface area contributed by atoms with Crippen molar-refractivity contribution in [2.45, 2.75) is 51.2 Å². The molecule has 1 aliphatic heterocycles. The molecule has 1 aromatic rings. The van der Waals surface area contributed by atoms with Gasteiger partial charge in [-0.25, -0.2) is 0 Å². The molecule has 1 atom stereocenters. The van der Waals surface area contributed by atoms with Gasteiger partial charge < -0.3 is 19.9 Å². The number of hydrogen-bond donors (Lipinski definition) is 1. The van der Waals surface area contributed by atoms with Crippen LogP contribution in [0.2, 0.25) is 0 Å². The SMILES string of the molecule is CCN(C(=O)CN1C[C@H](C(=O)NC)Oc2ccccc21)C1CCCCC1. The van der Waals surface area contributed by atoms with E-state index in [1.165, 1.54) is 19.3 Å². The van der Waals surface area contributed by atoms with Crippen molar-refractivity contribution in [2.24, 2.45) is 0 Å². The number of hydrogen-bond acceptors (Lipinski definition) is 4. The van der Waals surface area contributed by atoms with Gasteiger partial charge >= 0.3 is 0 Å². The first-order valence-electron chi connectivity index (χ1n) is 9.65. The van der Waals surface area contributed by atoms with Crippen molar-refractivity contribution in [3.8, 4) is 5.75 Å². The van der Waals surface area contributed by atoms with Gasteiger partial charge in [0, 0.05) is 19.6 Å². The van der Waals surface area contributed by atoms with E-state index in [0.717, 1.165) is 25.1 Å². The lowest BCUT2D eigenvalue weighted by Gasteiger charge is -2.38. The Morgan fingerprint density at radius 3 is 2.65 bits per heavy atom. The number of carbonyl (C=O) groups is 2. The van der Waals surface area contributed by atoms with Crippen LogP contribution in [0.3, 0.4) is 0 Å². The molecule has 6 nitrogen and oxygen atoms in total. The van der Waals surface area contributed by atoms with Crippen LogP contribution in [0.1, 0.15) is 39.0 Å². The number of amides is 2. The minimum Gasteiger partial charge on any atom is -0.477 e. The van der Waals surface area contributed by atoms with E-state index in [2.05, 4.69) is 5.32 Å². The second-order valence-corrected chi connectivity index (χ2v) is 7.04. The monoisotopic (exact) mass is 359 g/mol. The van der Waals surface area contributed by atoms with E-state index in [1.807, 2.05) is 41.0 Å². The van der Waals surface area contributed by atoms with Crippen LogP contribution >= 0.6 is 0 Å². The van der Waals surface area contributed by atoms with Gasteiger partial charge in [-0.3, -0.25) is 9.59 Å². The molecule has 2 amide bonds. The summed E-state index contributed by atoms with van der Waals surface area (Å²) in [5.74, 6) is 0.615. The number of anilines is 1. The summed E-state index contributed by atoms with van der Waals surface area (Å²) in [7, 11) is 1.60. The Morgan fingerprint density at radius 1 is 1.23 bits per heavy atom. The van der Waals surface area contributed by atoms with Crippen LogP contribution < -0.4 is 15.0 Å². The quantitative estimate of drug-likeness (QED) is 0.875. The molecule has 0 spiro atoms. The Kier molecular flexibility index (Phi) is 6.01. The number of benzene rings is 1. The van der Waals surface area contributed by atoms with Gasteiger partial charge in [0.05, 0.1) is 18.8 Å². The van der Waals surface area contributed by atoms with Crippen molar-refractivity contribution in [3.63, 3.8) is 0 Å². The van der Waals surface area contributed by atoms with Gasteiger partial charge in [0.25, 0.3) is 5.91 Å². The summed E-state index contributed by atoms with van der Waals surface area (Å²) in [5.41, 5.74) is 0.876. The topological polar surface area (TPSA) is 61.9 Å². The molecule has 0 unspecified atom stereocenters. The van der Waals surface area contributed by atoms with E-state index >= 15 is 0 Å². The molecule has 0 radical (unpaired) electrons. The van der Waals surface area contributed by atoms with Crippen LogP contribution in [-0.2, 0) is 9.59 Å². The molecule has 0 aromatic heterocycles. The minimum absolute atomic E-state index is 0.131. The standard InChI is InChI=1S/C20H29N3O3/c1-3-23(15-9-5-4-6-10-15)19(24)14-22-13-18(20(25)21-2)26-17-12-8-7-11-16(17)22/h7-8,11-12,15,18H,3-6,9-10,13-14H2,1-2H3,(H,21,25)/t18-/m1/s1. The third kappa shape index (κ3) is 3.94. The Balaban J connectivity index is 1.76. The highest BCUT2D eigenvalue weighted by molar-refractivity contribution is 5.86. The summed E-state index contributed by atoms with van der Waals surface area (Å²) in [4.78, 5) is 29.1. The van der Waals surface area contributed by atoms with Crippen LogP contribution in [0.25, 0.3) is 0 Å². The van der Waals surface area contributed by atoms with E-state index < -0.39 is 6.10 Å². The lowest BCUT2D eigenvalue weighted by atomic mass is 9.94. The highest BCUT2D eigenvalue weighted by Crippen LogP contribution is 2.33. The average molecular weight is 359 g/mol. The van der Waals surface area contributed by atoms with Crippen LogP contribution in [0.15, 0.2) is 24.3 Å². The third-order valence-electron chi connectivity index (χ3n) is 5.40. The zero-order chi connectivity index (χ0) is 18.5. The number of para-hydroxylation sites is 2. The number of fused-ring (bicyclic) bond motifs is 1. The Hall–Kier alpha value is -2.24. The predicted octanol–water partition coefficient (Wildman–Crippen LogP) is 2.18. The summed E-state index contributed by atoms with van der Waals surface area (Å²) >= 11 is 0. The first-order valence-corrected chi connectivity index (χ1v) is 9.65. The van der Waals surface area contributed by atoms with Gasteiger partial charge in [0.15, 0.2) is 6.10 Å². The molecule has 3 rings (SSSR count). The van der Waals surface area contributed by atoms with E-state index in [9.17, 15) is 9.59 Å². The second kappa shape index (κ2) is 8.43. The molecule has 1 heterocycles. The van der Waals surface area contributed by atoms with Crippen LogP contribution in [0.5, 0.6) is 5.75 Å². The van der Waals surface area contributed by atoms with Crippen LogP contribution in [-0.4, -0.2) is 55.5 Å². The molecular weight excluding hydrogens is 330 g/mol. The second-order valence-electron chi connectivity index (χ2n) is 7.04. The molecule has 1 aliphatic carbocycles. The molecule has 1 fully saturated rings. The molecule has 6 heteroatoms. The first kappa shape index (κ1) is 18.5. The van der Waals surface area contributed by atoms with E-state index in [0.29, 0.717) is 18.3 Å². The number of rotatable bonds is 5. The predicted molar refractivity (Wildman–Crippen MR) is 101 cm³/mol. The molecule has 0 saturated heterocycles. The van der Waals surface area contributed by atoms with Crippen molar-refractivity contribution in [3.05, 3.63) is 24.3 Å². The lowest BCUT2D eigenvalue weighted by molar-refractivity contribution is -0.133. The largest absolute Gasteiger partial charge is 0.477 e. The fourth-order valence-electron chi connectivity index (χ4n) is 4.04. The number of carbonyl (C=O) groups excluding carboxylic acids is 2. The number of nitrogens with one attached hydrogen (secondary N) is 1. The summed E-state index contributed by atoms with van der Waals surface area (Å²) in [6, 6.07) is 7.96. The van der Waals surface area contributed by atoms with Gasteiger partial charge in [-0.15, -0.1) is 0 Å². The van der Waals surface area contributed by atoms with E-state index in [-0.39, 0.29) is 18.4 Å². The average Bonchev–Trinajstić information content (AvgIpc) is 2.68. The zero-order valence-electron chi connectivity index (χ0n) is 15.7. The summed E-state index contributed by atoms with van der Waals surface area (Å²) in [6.07, 6.45) is 5.27. The summed E-state index contributed by atoms with van der Waals surface area (Å²) in [6.45, 7) is 3.43. The van der Waals surface area contributed by atoms with Crippen LogP contribution in [0.4, 0.5) is 5.69 Å². The number of ether oxygens (including phenoxy) is 1. The highest BCUT2D eigenvalue weighted by Gasteiger charge is 2.33. The molecular formula is C20H29N3O3. The molecule has 1 aromatic carbocycles. The highest BCUT2D eigenvalue weighted by atomic mass is 16.5. The minimum atomic E-state index is -0.604. The fraction of sp³-hybridized carbons (Fsp3) is 0.600. The molecule has 26 heavy (non-hydrogen) atoms. The van der Waals surface area contributed by atoms with Crippen molar-refractivity contribution in [1.82, 2.24) is 10.2 Å². The van der Waals surface area contributed by atoms with Crippen molar-refractivity contribution in [1.29, 1.82) is 0 Å². The van der Waals surface area contributed by atoms with Crippen LogP contribution in [0, 0.1) is 0 Å². The normalized spacial score (nSPS) is 20.1. The van der Waals surface area contributed by atoms with E-state index in [1.54, 1.807) is 7.05 Å². The smallest absolute Gasteiger partial charge is 0.262 e. The Bertz CT molecular complexity index is 643.